The van der Waals surface area contributed by atoms with Gasteiger partial charge in [0.05, 0.1) is 6.26 Å². The van der Waals surface area contributed by atoms with E-state index in [9.17, 15) is 4.79 Å². The fourth-order valence-corrected chi connectivity index (χ4v) is 3.38. The zero-order valence-electron chi connectivity index (χ0n) is 11.7. The monoisotopic (exact) mass is 335 g/mol. The molecule has 0 saturated carbocycles. The number of carbonyl (C=O) groups excluding carboxylic acids is 1. The Morgan fingerprint density at radius 1 is 1.59 bits per heavy atom. The largest absolute Gasteiger partial charge is 0.459 e. The lowest BCUT2D eigenvalue weighted by atomic mass is 10.4. The third-order valence-corrected chi connectivity index (χ3v) is 4.48. The summed E-state index contributed by atoms with van der Waals surface area (Å²) in [5, 5.41) is 8.23. The van der Waals surface area contributed by atoms with Crippen LogP contribution in [-0.2, 0) is 6.54 Å². The Morgan fingerprint density at radius 3 is 3.09 bits per heavy atom. The van der Waals surface area contributed by atoms with Gasteiger partial charge in [0, 0.05) is 6.54 Å². The summed E-state index contributed by atoms with van der Waals surface area (Å²) >= 11 is 6.64. The number of furan rings is 1. The minimum atomic E-state index is -0.443. The molecule has 3 aromatic rings. The van der Waals surface area contributed by atoms with Gasteiger partial charge >= 0.3 is 5.91 Å². The molecule has 22 heavy (non-hydrogen) atoms. The summed E-state index contributed by atoms with van der Waals surface area (Å²) in [6.07, 6.45) is 3.75. The molecule has 0 aliphatic heterocycles. The number of rotatable bonds is 4. The number of thiazole rings is 1. The van der Waals surface area contributed by atoms with Crippen LogP contribution in [0.1, 0.15) is 23.9 Å². The average Bonchev–Trinajstić information content (AvgIpc) is 3.12. The third kappa shape index (κ3) is 2.48. The molecule has 3 rings (SSSR count). The summed E-state index contributed by atoms with van der Waals surface area (Å²) in [6.45, 7) is 2.81. The minimum absolute atomic E-state index is 0.135. The van der Waals surface area contributed by atoms with Gasteiger partial charge in [-0.3, -0.25) is 15.6 Å². The van der Waals surface area contributed by atoms with E-state index >= 15 is 0 Å². The Bertz CT molecular complexity index is 936. The first kappa shape index (κ1) is 14.7. The van der Waals surface area contributed by atoms with Gasteiger partial charge in [-0.25, -0.2) is 9.66 Å². The standard InChI is InChI=1S/C13H13N5O2S2/c1-2-5-17-11-9(22-13(17)21)10(14)18(7-15-11)16-12(19)8-4-3-6-20-8/h3-4,6-7,14H,2,5H2,1H3,(H,16,19). The van der Waals surface area contributed by atoms with Gasteiger partial charge in [-0.2, -0.15) is 0 Å². The van der Waals surface area contributed by atoms with Gasteiger partial charge in [-0.15, -0.1) is 0 Å². The average molecular weight is 335 g/mol. The van der Waals surface area contributed by atoms with Crippen LogP contribution in [0.4, 0.5) is 0 Å². The predicted molar refractivity (Wildman–Crippen MR) is 85.0 cm³/mol. The van der Waals surface area contributed by atoms with Crippen LogP contribution in [0.25, 0.3) is 10.3 Å². The van der Waals surface area contributed by atoms with Crippen LogP contribution in [0.15, 0.2) is 29.1 Å². The van der Waals surface area contributed by atoms with Crippen molar-refractivity contribution in [3.05, 3.63) is 39.9 Å². The fourth-order valence-electron chi connectivity index (χ4n) is 2.04. The van der Waals surface area contributed by atoms with Crippen molar-refractivity contribution in [2.24, 2.45) is 0 Å². The Balaban J connectivity index is 2.02. The van der Waals surface area contributed by atoms with E-state index in [4.69, 9.17) is 22.0 Å². The lowest BCUT2D eigenvalue weighted by molar-refractivity contribution is 0.0980. The number of fused-ring (bicyclic) bond motifs is 1. The summed E-state index contributed by atoms with van der Waals surface area (Å²) in [4.78, 5) is 16.3. The van der Waals surface area contributed by atoms with Crippen LogP contribution in [0.5, 0.6) is 0 Å². The molecular formula is C13H13N5O2S2. The maximum Gasteiger partial charge on any atom is 0.305 e. The van der Waals surface area contributed by atoms with Gasteiger partial charge in [0.2, 0.25) is 0 Å². The molecule has 0 unspecified atom stereocenters. The first-order valence-corrected chi connectivity index (χ1v) is 7.84. The third-order valence-electron chi connectivity index (χ3n) is 3.03. The van der Waals surface area contributed by atoms with Gasteiger partial charge in [0.15, 0.2) is 20.8 Å². The van der Waals surface area contributed by atoms with Crippen molar-refractivity contribution < 1.29 is 9.21 Å². The molecule has 0 aliphatic carbocycles. The van der Waals surface area contributed by atoms with Crippen LogP contribution in [0, 0.1) is 9.36 Å². The van der Waals surface area contributed by atoms with Gasteiger partial charge in [-0.05, 0) is 30.8 Å². The first-order chi connectivity index (χ1) is 10.6. The molecule has 0 aliphatic rings. The van der Waals surface area contributed by atoms with E-state index in [0.29, 0.717) is 14.3 Å². The van der Waals surface area contributed by atoms with Crippen molar-refractivity contribution in [3.8, 4) is 0 Å². The Kier molecular flexibility index (Phi) is 3.90. The van der Waals surface area contributed by atoms with Crippen molar-refractivity contribution in [1.82, 2.24) is 14.2 Å². The summed E-state index contributed by atoms with van der Waals surface area (Å²) in [5.74, 6) is -0.274. The van der Waals surface area contributed by atoms with Crippen LogP contribution in [-0.4, -0.2) is 20.1 Å². The predicted octanol–water partition coefficient (Wildman–Crippen LogP) is 2.50. The topological polar surface area (TPSA) is 88.8 Å². The zero-order chi connectivity index (χ0) is 15.7. The van der Waals surface area contributed by atoms with E-state index in [1.165, 1.54) is 28.6 Å². The quantitative estimate of drug-likeness (QED) is 0.717. The van der Waals surface area contributed by atoms with Crippen molar-refractivity contribution >= 4 is 39.8 Å². The molecule has 0 spiro atoms. The molecule has 0 bridgehead atoms. The number of hydrogen-bond donors (Lipinski definition) is 2. The Morgan fingerprint density at radius 2 is 2.41 bits per heavy atom. The summed E-state index contributed by atoms with van der Waals surface area (Å²) < 4.78 is 9.51. The SMILES string of the molecule is CCCn1c(=S)sc2c(=N)n(NC(=O)c3ccco3)cnc21. The number of amides is 1. The van der Waals surface area contributed by atoms with Crippen molar-refractivity contribution in [2.75, 3.05) is 5.43 Å². The molecule has 114 valence electrons. The molecule has 0 saturated heterocycles. The Hall–Kier alpha value is -2.26. The smallest absolute Gasteiger partial charge is 0.305 e. The van der Waals surface area contributed by atoms with E-state index in [2.05, 4.69) is 17.3 Å². The highest BCUT2D eigenvalue weighted by Gasteiger charge is 2.13. The van der Waals surface area contributed by atoms with E-state index in [1.54, 1.807) is 12.1 Å². The summed E-state index contributed by atoms with van der Waals surface area (Å²) in [5.41, 5.74) is 3.37. The van der Waals surface area contributed by atoms with Crippen LogP contribution in [0.3, 0.4) is 0 Å². The maximum atomic E-state index is 12.0. The van der Waals surface area contributed by atoms with Gasteiger partial charge in [0.25, 0.3) is 0 Å². The van der Waals surface area contributed by atoms with E-state index in [1.807, 2.05) is 4.57 Å². The molecule has 0 atom stereocenters. The molecule has 7 nitrogen and oxygen atoms in total. The molecule has 0 fully saturated rings. The van der Waals surface area contributed by atoms with Crippen LogP contribution < -0.4 is 10.9 Å². The molecule has 9 heteroatoms. The highest BCUT2D eigenvalue weighted by atomic mass is 32.1. The number of aryl methyl sites for hydroxylation is 1. The molecule has 0 aromatic carbocycles. The number of hydrogen-bond acceptors (Lipinski definition) is 6. The van der Waals surface area contributed by atoms with Gasteiger partial charge in [-0.1, -0.05) is 18.3 Å². The second-order valence-corrected chi connectivity index (χ2v) is 6.20. The minimum Gasteiger partial charge on any atom is -0.459 e. The first-order valence-electron chi connectivity index (χ1n) is 6.62. The Labute approximate surface area is 134 Å². The summed E-state index contributed by atoms with van der Waals surface area (Å²) in [6, 6.07) is 3.17. The second kappa shape index (κ2) is 5.85. The molecule has 0 radical (unpaired) electrons. The molecular weight excluding hydrogens is 322 g/mol. The lowest BCUT2D eigenvalue weighted by Gasteiger charge is -2.08. The normalized spacial score (nSPS) is 11.0. The number of nitrogens with zero attached hydrogens (tertiary/aromatic N) is 3. The molecule has 3 aromatic heterocycles. The van der Waals surface area contributed by atoms with Crippen molar-refractivity contribution in [1.29, 1.82) is 5.41 Å². The van der Waals surface area contributed by atoms with Crippen LogP contribution >= 0.6 is 23.6 Å². The number of aromatic nitrogens is 3. The highest BCUT2D eigenvalue weighted by Crippen LogP contribution is 2.17. The second-order valence-electron chi connectivity index (χ2n) is 4.55. The van der Waals surface area contributed by atoms with Gasteiger partial charge < -0.3 is 8.98 Å². The number of carbonyl (C=O) groups is 1. The summed E-state index contributed by atoms with van der Waals surface area (Å²) in [7, 11) is 0. The van der Waals surface area contributed by atoms with Gasteiger partial charge in [0.1, 0.15) is 11.0 Å². The fraction of sp³-hybridized carbons (Fsp3) is 0.231. The maximum absolute atomic E-state index is 12.0. The van der Waals surface area contributed by atoms with Crippen LogP contribution in [0.2, 0.25) is 0 Å². The van der Waals surface area contributed by atoms with E-state index in [-0.39, 0.29) is 11.2 Å². The van der Waals surface area contributed by atoms with E-state index < -0.39 is 5.91 Å². The van der Waals surface area contributed by atoms with Crippen molar-refractivity contribution in [2.45, 2.75) is 19.9 Å². The van der Waals surface area contributed by atoms with E-state index in [0.717, 1.165) is 13.0 Å². The number of nitrogens with one attached hydrogen (secondary N) is 2. The molecule has 3 heterocycles. The lowest BCUT2D eigenvalue weighted by Crippen LogP contribution is -2.33. The van der Waals surface area contributed by atoms with Crippen molar-refractivity contribution in [3.63, 3.8) is 0 Å². The zero-order valence-corrected chi connectivity index (χ0v) is 13.3. The molecule has 1 amide bonds. The highest BCUT2D eigenvalue weighted by molar-refractivity contribution is 7.73. The molecule has 2 N–H and O–H groups in total.